The number of rotatable bonds is 1. The third kappa shape index (κ3) is 3.29. The van der Waals surface area contributed by atoms with Crippen LogP contribution in [0.3, 0.4) is 0 Å². The van der Waals surface area contributed by atoms with E-state index in [-0.39, 0.29) is 11.9 Å². The molecule has 5 heteroatoms. The van der Waals surface area contributed by atoms with Crippen molar-refractivity contribution in [3.05, 3.63) is 42.1 Å². The van der Waals surface area contributed by atoms with Crippen molar-refractivity contribution >= 4 is 28.2 Å². The molecule has 0 aliphatic carbocycles. The van der Waals surface area contributed by atoms with E-state index in [1.54, 1.807) is 0 Å². The molecular formula is C21H26N4O. The molecule has 1 atom stereocenters. The Bertz CT molecular complexity index is 958. The normalized spacial score (nSPS) is 16.0. The molecule has 0 saturated carbocycles. The summed E-state index contributed by atoms with van der Waals surface area (Å²) in [6.45, 7) is 8.08. The molecule has 4 rings (SSSR count). The molecule has 0 radical (unpaired) electrons. The van der Waals surface area contributed by atoms with E-state index in [0.717, 1.165) is 39.0 Å². The highest BCUT2D eigenvalue weighted by atomic mass is 16.1. The summed E-state index contributed by atoms with van der Waals surface area (Å²) in [7, 11) is 1.94. The van der Waals surface area contributed by atoms with Gasteiger partial charge >= 0.3 is 0 Å². The molecular weight excluding hydrogens is 324 g/mol. The van der Waals surface area contributed by atoms with Crippen LogP contribution in [0.4, 0.5) is 11.4 Å². The molecule has 1 aliphatic heterocycles. The number of benzene rings is 2. The van der Waals surface area contributed by atoms with Crippen LogP contribution in [0.1, 0.15) is 32.8 Å². The summed E-state index contributed by atoms with van der Waals surface area (Å²) < 4.78 is 1.87. The number of amides is 1. The third-order valence-electron chi connectivity index (χ3n) is 4.50. The zero-order chi connectivity index (χ0) is 18.8. The lowest BCUT2D eigenvalue weighted by atomic mass is 9.98. The summed E-state index contributed by atoms with van der Waals surface area (Å²) in [6, 6.07) is 10.6. The van der Waals surface area contributed by atoms with Gasteiger partial charge in [0.15, 0.2) is 0 Å². The number of fused-ring (bicyclic) bond motifs is 2. The molecule has 2 aromatic carbocycles. The molecule has 5 nitrogen and oxygen atoms in total. The van der Waals surface area contributed by atoms with Gasteiger partial charge in [-0.15, -0.1) is 0 Å². The van der Waals surface area contributed by atoms with Gasteiger partial charge in [-0.25, -0.2) is 0 Å². The van der Waals surface area contributed by atoms with Gasteiger partial charge in [0, 0.05) is 30.5 Å². The number of carbonyl (C=O) groups excluding carboxylic acids is 1. The first kappa shape index (κ1) is 18.0. The van der Waals surface area contributed by atoms with Gasteiger partial charge in [-0.1, -0.05) is 19.9 Å². The summed E-state index contributed by atoms with van der Waals surface area (Å²) in [5.41, 5.74) is 6.28. The molecule has 0 spiro atoms. The average molecular weight is 350 g/mol. The van der Waals surface area contributed by atoms with E-state index in [2.05, 4.69) is 40.0 Å². The molecule has 3 aromatic rings. The maximum absolute atomic E-state index is 12.0. The Morgan fingerprint density at radius 2 is 1.96 bits per heavy atom. The lowest BCUT2D eigenvalue weighted by Gasteiger charge is -2.18. The van der Waals surface area contributed by atoms with E-state index in [1.165, 1.54) is 0 Å². The van der Waals surface area contributed by atoms with Crippen LogP contribution in [0.5, 0.6) is 0 Å². The van der Waals surface area contributed by atoms with Crippen molar-refractivity contribution in [2.24, 2.45) is 7.05 Å². The number of aryl methyl sites for hydroxylation is 2. The fraction of sp³-hybridized carbons (Fsp3) is 0.333. The molecule has 0 fully saturated rings. The van der Waals surface area contributed by atoms with Crippen LogP contribution in [0.15, 0.2) is 36.5 Å². The minimum Gasteiger partial charge on any atom is -0.380 e. The van der Waals surface area contributed by atoms with Gasteiger partial charge in [0.05, 0.1) is 23.1 Å². The fourth-order valence-electron chi connectivity index (χ4n) is 3.38. The predicted octanol–water partition coefficient (Wildman–Crippen LogP) is 4.72. The maximum atomic E-state index is 12.0. The van der Waals surface area contributed by atoms with Crippen LogP contribution in [0, 0.1) is 6.92 Å². The standard InChI is InChI=1S/C19H20N4O.C2H6/c1-11-6-15(13-4-5-17-14(9-13)10-20-23(17)3)19-16(7-11)22-18(24)8-12(2)21-19;1-2/h4-7,9-10,12,21H,8H2,1-3H3,(H,22,24);1-2H3. The molecule has 0 saturated heterocycles. The second kappa shape index (κ2) is 7.20. The lowest BCUT2D eigenvalue weighted by Crippen LogP contribution is -2.19. The summed E-state index contributed by atoms with van der Waals surface area (Å²) in [5.74, 6) is 0.0491. The summed E-state index contributed by atoms with van der Waals surface area (Å²) in [6.07, 6.45) is 2.35. The lowest BCUT2D eigenvalue weighted by molar-refractivity contribution is -0.116. The zero-order valence-corrected chi connectivity index (χ0v) is 16.1. The zero-order valence-electron chi connectivity index (χ0n) is 16.1. The fourth-order valence-corrected chi connectivity index (χ4v) is 3.38. The van der Waals surface area contributed by atoms with Crippen molar-refractivity contribution in [2.75, 3.05) is 10.6 Å². The van der Waals surface area contributed by atoms with Crippen molar-refractivity contribution in [3.8, 4) is 11.1 Å². The highest BCUT2D eigenvalue weighted by Crippen LogP contribution is 2.38. The van der Waals surface area contributed by atoms with E-state index >= 15 is 0 Å². The van der Waals surface area contributed by atoms with Crippen LogP contribution in [-0.4, -0.2) is 21.7 Å². The highest BCUT2D eigenvalue weighted by Gasteiger charge is 2.21. The van der Waals surface area contributed by atoms with Crippen LogP contribution < -0.4 is 10.6 Å². The monoisotopic (exact) mass is 350 g/mol. The van der Waals surface area contributed by atoms with E-state index in [4.69, 9.17) is 0 Å². The van der Waals surface area contributed by atoms with Gasteiger partial charge in [-0.2, -0.15) is 5.10 Å². The largest absolute Gasteiger partial charge is 0.380 e. The number of aromatic nitrogens is 2. The summed E-state index contributed by atoms with van der Waals surface area (Å²) in [4.78, 5) is 12.0. The molecule has 26 heavy (non-hydrogen) atoms. The van der Waals surface area contributed by atoms with Crippen molar-refractivity contribution in [3.63, 3.8) is 0 Å². The minimum atomic E-state index is 0.0491. The molecule has 0 bridgehead atoms. The predicted molar refractivity (Wildman–Crippen MR) is 109 cm³/mol. The van der Waals surface area contributed by atoms with Crippen molar-refractivity contribution in [1.29, 1.82) is 0 Å². The van der Waals surface area contributed by atoms with Crippen molar-refractivity contribution in [2.45, 2.75) is 40.2 Å². The SMILES string of the molecule is CC.Cc1cc2c(c(-c3ccc4c(cnn4C)c3)c1)NC(C)CC(=O)N2. The summed E-state index contributed by atoms with van der Waals surface area (Å²) >= 11 is 0. The molecule has 1 amide bonds. The van der Waals surface area contributed by atoms with Crippen LogP contribution in [0.2, 0.25) is 0 Å². The Balaban J connectivity index is 0.000000948. The Kier molecular flexibility index (Phi) is 4.98. The number of hydrogen-bond acceptors (Lipinski definition) is 3. The first-order valence-corrected chi connectivity index (χ1v) is 9.14. The van der Waals surface area contributed by atoms with Crippen LogP contribution in [0.25, 0.3) is 22.0 Å². The van der Waals surface area contributed by atoms with Gasteiger partial charge in [-0.3, -0.25) is 9.48 Å². The quantitative estimate of drug-likeness (QED) is 0.668. The van der Waals surface area contributed by atoms with E-state index in [9.17, 15) is 4.79 Å². The molecule has 2 heterocycles. The molecule has 1 aromatic heterocycles. The topological polar surface area (TPSA) is 59.0 Å². The van der Waals surface area contributed by atoms with E-state index in [1.807, 2.05) is 51.7 Å². The van der Waals surface area contributed by atoms with Crippen molar-refractivity contribution in [1.82, 2.24) is 9.78 Å². The van der Waals surface area contributed by atoms with E-state index in [0.29, 0.717) is 6.42 Å². The molecule has 2 N–H and O–H groups in total. The van der Waals surface area contributed by atoms with Gasteiger partial charge < -0.3 is 10.6 Å². The van der Waals surface area contributed by atoms with Crippen molar-refractivity contribution < 1.29 is 4.79 Å². The van der Waals surface area contributed by atoms with E-state index < -0.39 is 0 Å². The summed E-state index contributed by atoms with van der Waals surface area (Å²) in [5, 5.41) is 11.9. The van der Waals surface area contributed by atoms with Crippen LogP contribution in [-0.2, 0) is 11.8 Å². The highest BCUT2D eigenvalue weighted by molar-refractivity contribution is 6.01. The average Bonchev–Trinajstić information content (AvgIpc) is 2.91. The number of hydrogen-bond donors (Lipinski definition) is 2. The second-order valence-electron chi connectivity index (χ2n) is 6.57. The maximum Gasteiger partial charge on any atom is 0.226 e. The van der Waals surface area contributed by atoms with Gasteiger partial charge in [0.1, 0.15) is 0 Å². The van der Waals surface area contributed by atoms with Gasteiger partial charge in [0.25, 0.3) is 0 Å². The molecule has 136 valence electrons. The Morgan fingerprint density at radius 1 is 1.19 bits per heavy atom. The smallest absolute Gasteiger partial charge is 0.226 e. The number of nitrogens with zero attached hydrogens (tertiary/aromatic N) is 2. The minimum absolute atomic E-state index is 0.0491. The number of carbonyl (C=O) groups is 1. The van der Waals surface area contributed by atoms with Gasteiger partial charge in [-0.05, 0) is 49.2 Å². The van der Waals surface area contributed by atoms with Gasteiger partial charge in [0.2, 0.25) is 5.91 Å². The third-order valence-corrected chi connectivity index (χ3v) is 4.50. The molecule has 1 unspecified atom stereocenters. The Labute approximate surface area is 154 Å². The van der Waals surface area contributed by atoms with Crippen LogP contribution >= 0.6 is 0 Å². The number of anilines is 2. The number of nitrogens with one attached hydrogen (secondary N) is 2. The Hall–Kier alpha value is -2.82. The first-order valence-electron chi connectivity index (χ1n) is 9.14. The first-order chi connectivity index (χ1) is 12.5. The molecule has 1 aliphatic rings. The second-order valence-corrected chi connectivity index (χ2v) is 6.57. The Morgan fingerprint density at radius 3 is 2.73 bits per heavy atom.